The van der Waals surface area contributed by atoms with Crippen molar-refractivity contribution in [3.63, 3.8) is 0 Å². The third-order valence-electron chi connectivity index (χ3n) is 16.0. The molecule has 0 atom stereocenters. The predicted octanol–water partition coefficient (Wildman–Crippen LogP) is 13.2. The lowest BCUT2D eigenvalue weighted by Gasteiger charge is -2.45. The number of benzene rings is 11. The van der Waals surface area contributed by atoms with Crippen molar-refractivity contribution in [2.75, 3.05) is 14.7 Å². The van der Waals surface area contributed by atoms with E-state index in [-0.39, 0.29) is 13.4 Å². The van der Waals surface area contributed by atoms with Crippen LogP contribution in [0.3, 0.4) is 0 Å². The highest BCUT2D eigenvalue weighted by Gasteiger charge is 2.50. The highest BCUT2D eigenvalue weighted by molar-refractivity contribution is 7.02. The second-order valence-corrected chi connectivity index (χ2v) is 19.9. The average molecular weight is 959 g/mol. The van der Waals surface area contributed by atoms with Crippen LogP contribution in [0.4, 0.5) is 51.2 Å². The summed E-state index contributed by atoms with van der Waals surface area (Å²) in [4.78, 5) is 7.27. The maximum atomic E-state index is 7.43. The van der Waals surface area contributed by atoms with Crippen molar-refractivity contribution in [3.8, 4) is 40.2 Å². The van der Waals surface area contributed by atoms with Gasteiger partial charge in [0.15, 0.2) is 0 Å². The van der Waals surface area contributed by atoms with E-state index in [1.165, 1.54) is 21.7 Å². The predicted molar refractivity (Wildman–Crippen MR) is 307 cm³/mol. The SMILES string of the molecule is c1ccc(N(c2ccccc2)c2cc3c4c(c2)N(c2ccccc2)c2cc5c6cc2B4c2c(cccc2O3)Oc2cccc3c2B6c2c(cc(-n4c6ccccc6c6ccccc64)cc2N5c2ccccc2)O3)cc1. The lowest BCUT2D eigenvalue weighted by molar-refractivity contribution is 0.460. The molecule has 7 nitrogen and oxygen atoms in total. The first kappa shape index (κ1) is 40.7. The molecule has 0 saturated carbocycles. The van der Waals surface area contributed by atoms with E-state index in [2.05, 4.69) is 262 Å². The summed E-state index contributed by atoms with van der Waals surface area (Å²) in [5, 5.41) is 2.41. The van der Waals surface area contributed by atoms with E-state index in [0.717, 1.165) is 124 Å². The Morgan fingerprint density at radius 2 is 0.720 bits per heavy atom. The van der Waals surface area contributed by atoms with Gasteiger partial charge in [-0.05, 0) is 125 Å². The molecule has 0 N–H and O–H groups in total. The van der Waals surface area contributed by atoms with E-state index >= 15 is 0 Å². The second kappa shape index (κ2) is 15.3. The fraction of sp³-hybridized carbons (Fsp3) is 0. The normalized spacial score (nSPS) is 13.5. The summed E-state index contributed by atoms with van der Waals surface area (Å²) in [6.07, 6.45) is 0. The van der Waals surface area contributed by atoms with E-state index in [9.17, 15) is 0 Å². The van der Waals surface area contributed by atoms with Gasteiger partial charge < -0.3 is 33.5 Å². The molecule has 0 radical (unpaired) electrons. The van der Waals surface area contributed by atoms with Crippen molar-refractivity contribution < 1.29 is 14.2 Å². The Balaban J connectivity index is 0.996. The molecule has 9 heteroatoms. The van der Waals surface area contributed by atoms with Gasteiger partial charge in [0.05, 0.1) is 22.4 Å². The van der Waals surface area contributed by atoms with Crippen molar-refractivity contribution >= 4 is 119 Å². The number of rotatable bonds is 6. The summed E-state index contributed by atoms with van der Waals surface area (Å²) in [5.74, 6) is 4.68. The minimum Gasteiger partial charge on any atom is -0.458 e. The van der Waals surface area contributed by atoms with Crippen molar-refractivity contribution in [1.29, 1.82) is 0 Å². The van der Waals surface area contributed by atoms with E-state index < -0.39 is 0 Å². The topological polar surface area (TPSA) is 42.3 Å². The van der Waals surface area contributed by atoms with Gasteiger partial charge >= 0.3 is 0 Å². The Morgan fingerprint density at radius 3 is 1.23 bits per heavy atom. The van der Waals surface area contributed by atoms with Gasteiger partial charge in [0.1, 0.15) is 34.5 Å². The molecule has 0 saturated heterocycles. The standard InChI is InChI=1S/C66H40B2N4O3/c1-5-19-41(20-6-1)69(42-21-7-2-8-22-42)45-35-55-63-61(37-45)74-59-33-17-31-57-65(59)67(63)49-39-50-54(40-53(49)70(55)43-23-9-3-10-24-43)71(44-25-11-4-12-26-44)56-36-46(72-51-29-15-13-27-47(51)48-28-14-16-30-52(48)72)38-62-64(56)68(50)66-58(73-57)32-18-34-60(66)75-62/h1-40H. The fourth-order valence-electron chi connectivity index (χ4n) is 13.0. The molecular weight excluding hydrogens is 918 g/mol. The van der Waals surface area contributed by atoms with Gasteiger partial charge in [0.25, 0.3) is 13.4 Å². The zero-order valence-corrected chi connectivity index (χ0v) is 40.3. The van der Waals surface area contributed by atoms with Crippen LogP contribution in [-0.2, 0) is 0 Å². The molecule has 75 heavy (non-hydrogen) atoms. The van der Waals surface area contributed by atoms with Crippen molar-refractivity contribution in [2.24, 2.45) is 0 Å². The van der Waals surface area contributed by atoms with Gasteiger partial charge in [-0.2, -0.15) is 0 Å². The van der Waals surface area contributed by atoms with E-state index in [1.807, 2.05) is 0 Å². The van der Waals surface area contributed by atoms with Gasteiger partial charge in [-0.3, -0.25) is 0 Å². The largest absolute Gasteiger partial charge is 0.458 e. The highest BCUT2D eigenvalue weighted by atomic mass is 16.5. The molecule has 0 spiro atoms. The number of nitrogens with zero attached hydrogens (tertiary/aromatic N) is 4. The van der Waals surface area contributed by atoms with Gasteiger partial charge in [-0.15, -0.1) is 0 Å². The van der Waals surface area contributed by atoms with Crippen LogP contribution in [0.5, 0.6) is 34.5 Å². The van der Waals surface area contributed by atoms with Gasteiger partial charge in [0.2, 0.25) is 0 Å². The van der Waals surface area contributed by atoms with E-state index in [4.69, 9.17) is 14.2 Å². The third-order valence-corrected chi connectivity index (χ3v) is 16.0. The monoisotopic (exact) mass is 958 g/mol. The lowest BCUT2D eigenvalue weighted by atomic mass is 9.30. The fourth-order valence-corrected chi connectivity index (χ4v) is 13.0. The van der Waals surface area contributed by atoms with Crippen molar-refractivity contribution in [3.05, 3.63) is 243 Å². The number of ether oxygens (including phenoxy) is 3. The molecule has 0 amide bonds. The molecule has 0 aliphatic carbocycles. The molecule has 2 bridgehead atoms. The minimum atomic E-state index is -0.251. The lowest BCUT2D eigenvalue weighted by Crippen LogP contribution is -2.64. The maximum Gasteiger partial charge on any atom is 0.261 e. The summed E-state index contributed by atoms with van der Waals surface area (Å²) < 4.78 is 24.4. The maximum absolute atomic E-state index is 7.43. The quantitative estimate of drug-likeness (QED) is 0.155. The van der Waals surface area contributed by atoms with Crippen molar-refractivity contribution in [1.82, 2.24) is 4.57 Å². The molecule has 348 valence electrons. The summed E-state index contributed by atoms with van der Waals surface area (Å²) in [6, 6.07) is 87.0. The first-order chi connectivity index (χ1) is 37.2. The number of aromatic nitrogens is 1. The molecule has 0 fully saturated rings. The van der Waals surface area contributed by atoms with Crippen LogP contribution >= 0.6 is 0 Å². The van der Waals surface area contributed by atoms with E-state index in [1.54, 1.807) is 0 Å². The van der Waals surface area contributed by atoms with Crippen LogP contribution in [0.1, 0.15) is 0 Å². The van der Waals surface area contributed by atoms with Crippen LogP contribution in [0.15, 0.2) is 243 Å². The molecular formula is C66H40B2N4O3. The summed E-state index contributed by atoms with van der Waals surface area (Å²) in [5.41, 5.74) is 19.2. The van der Waals surface area contributed by atoms with Crippen molar-refractivity contribution in [2.45, 2.75) is 0 Å². The zero-order valence-electron chi connectivity index (χ0n) is 40.3. The molecule has 5 aliphatic rings. The first-order valence-electron chi connectivity index (χ1n) is 25.6. The van der Waals surface area contributed by atoms with Crippen LogP contribution < -0.4 is 61.7 Å². The number of para-hydroxylation sites is 6. The molecule has 6 heterocycles. The minimum absolute atomic E-state index is 0.245. The Morgan fingerprint density at radius 1 is 0.293 bits per heavy atom. The number of hydrogen-bond donors (Lipinski definition) is 0. The third kappa shape index (κ3) is 5.72. The van der Waals surface area contributed by atoms with Crippen LogP contribution in [0.25, 0.3) is 27.5 Å². The number of fused-ring (bicyclic) bond motifs is 3. The van der Waals surface area contributed by atoms with Crippen LogP contribution in [0, 0.1) is 0 Å². The highest BCUT2D eigenvalue weighted by Crippen LogP contribution is 2.50. The zero-order chi connectivity index (χ0) is 48.9. The molecule has 0 unspecified atom stereocenters. The molecule has 12 aromatic rings. The summed E-state index contributed by atoms with van der Waals surface area (Å²) in [6.45, 7) is -0.495. The first-order valence-corrected chi connectivity index (χ1v) is 25.6. The number of anilines is 9. The number of hydrogen-bond acceptors (Lipinski definition) is 6. The molecule has 1 aromatic heterocycles. The Bertz CT molecular complexity index is 4290. The van der Waals surface area contributed by atoms with Crippen LogP contribution in [-0.4, -0.2) is 18.0 Å². The Labute approximate surface area is 433 Å². The second-order valence-electron chi connectivity index (χ2n) is 19.9. The Hall–Kier alpha value is -9.85. The van der Waals surface area contributed by atoms with Gasteiger partial charge in [-0.25, -0.2) is 0 Å². The smallest absolute Gasteiger partial charge is 0.261 e. The molecule has 5 aliphatic heterocycles. The molecule has 17 rings (SSSR count). The summed E-state index contributed by atoms with van der Waals surface area (Å²) >= 11 is 0. The molecule has 11 aromatic carbocycles. The summed E-state index contributed by atoms with van der Waals surface area (Å²) in [7, 11) is 0. The Kier molecular flexibility index (Phi) is 8.33. The average Bonchev–Trinajstić information content (AvgIpc) is 3.80. The van der Waals surface area contributed by atoms with Gasteiger partial charge in [-0.1, -0.05) is 127 Å². The van der Waals surface area contributed by atoms with E-state index in [0.29, 0.717) is 0 Å². The van der Waals surface area contributed by atoms with Crippen LogP contribution in [0.2, 0.25) is 0 Å². The van der Waals surface area contributed by atoms with Gasteiger partial charge in [0, 0.05) is 79.3 Å².